The standard InChI is InChI=1S/C18H26N6OS/c1-22-11-6-19-16(17(22)25)24-8-2-3-15(13-24)21-14-4-9-23(10-5-14)18-20-7-12-26-18/h6-7,11-12,14-15,21H,2-5,8-10,13H2,1H3. The van der Waals surface area contributed by atoms with Gasteiger partial charge in [-0.1, -0.05) is 0 Å². The predicted molar refractivity (Wildman–Crippen MR) is 105 cm³/mol. The first-order valence-corrected chi connectivity index (χ1v) is 10.3. The molecule has 26 heavy (non-hydrogen) atoms. The highest BCUT2D eigenvalue weighted by Gasteiger charge is 2.27. The molecule has 0 radical (unpaired) electrons. The molecule has 0 aromatic carbocycles. The van der Waals surface area contributed by atoms with Crippen molar-refractivity contribution >= 4 is 22.3 Å². The van der Waals surface area contributed by atoms with E-state index in [2.05, 4.69) is 25.1 Å². The average molecular weight is 375 g/mol. The highest BCUT2D eigenvalue weighted by atomic mass is 32.1. The monoisotopic (exact) mass is 374 g/mol. The highest BCUT2D eigenvalue weighted by molar-refractivity contribution is 7.13. The van der Waals surface area contributed by atoms with E-state index in [-0.39, 0.29) is 5.56 Å². The third-order valence-electron chi connectivity index (χ3n) is 5.38. The summed E-state index contributed by atoms with van der Waals surface area (Å²) in [5.41, 5.74) is -0.00935. The molecule has 2 saturated heterocycles. The van der Waals surface area contributed by atoms with Crippen molar-refractivity contribution in [3.8, 4) is 0 Å². The Kier molecular flexibility index (Phi) is 5.21. The van der Waals surface area contributed by atoms with Gasteiger partial charge in [-0.3, -0.25) is 4.79 Å². The highest BCUT2D eigenvalue weighted by Crippen LogP contribution is 2.23. The summed E-state index contributed by atoms with van der Waals surface area (Å²) in [6.45, 7) is 3.89. The zero-order valence-electron chi connectivity index (χ0n) is 15.2. The Bertz CT molecular complexity index is 768. The molecule has 4 rings (SSSR count). The van der Waals surface area contributed by atoms with Crippen LogP contribution >= 0.6 is 11.3 Å². The Labute approximate surface area is 157 Å². The molecule has 140 valence electrons. The Hall–Kier alpha value is -1.93. The molecule has 2 aromatic rings. The third-order valence-corrected chi connectivity index (χ3v) is 6.21. The molecule has 0 amide bonds. The van der Waals surface area contributed by atoms with E-state index in [1.54, 1.807) is 35.3 Å². The maximum absolute atomic E-state index is 12.3. The number of anilines is 2. The molecule has 1 N–H and O–H groups in total. The third kappa shape index (κ3) is 3.76. The quantitative estimate of drug-likeness (QED) is 0.874. The smallest absolute Gasteiger partial charge is 0.293 e. The number of rotatable bonds is 4. The van der Waals surface area contributed by atoms with Gasteiger partial charge in [-0.25, -0.2) is 9.97 Å². The molecule has 8 heteroatoms. The van der Waals surface area contributed by atoms with Crippen molar-refractivity contribution in [1.82, 2.24) is 19.9 Å². The minimum absolute atomic E-state index is 0.00935. The van der Waals surface area contributed by atoms with Crippen molar-refractivity contribution in [2.45, 2.75) is 37.8 Å². The molecule has 4 heterocycles. The van der Waals surface area contributed by atoms with Crippen LogP contribution in [0.2, 0.25) is 0 Å². The number of nitrogens with one attached hydrogen (secondary N) is 1. The van der Waals surface area contributed by atoms with Crippen LogP contribution in [-0.4, -0.2) is 52.8 Å². The van der Waals surface area contributed by atoms with Gasteiger partial charge in [0.2, 0.25) is 0 Å². The zero-order valence-corrected chi connectivity index (χ0v) is 16.0. The molecule has 0 aliphatic carbocycles. The summed E-state index contributed by atoms with van der Waals surface area (Å²) in [4.78, 5) is 25.6. The summed E-state index contributed by atoms with van der Waals surface area (Å²) in [5, 5.41) is 7.01. The van der Waals surface area contributed by atoms with Gasteiger partial charge in [0.25, 0.3) is 5.56 Å². The maximum atomic E-state index is 12.3. The number of piperidine rings is 2. The Morgan fingerprint density at radius 2 is 1.92 bits per heavy atom. The van der Waals surface area contributed by atoms with Crippen LogP contribution in [0.4, 0.5) is 10.9 Å². The molecule has 2 aliphatic heterocycles. The maximum Gasteiger partial charge on any atom is 0.293 e. The fourth-order valence-electron chi connectivity index (χ4n) is 3.95. The molecule has 2 fully saturated rings. The summed E-state index contributed by atoms with van der Waals surface area (Å²) in [6.07, 6.45) is 9.83. The normalized spacial score (nSPS) is 22.0. The summed E-state index contributed by atoms with van der Waals surface area (Å²) < 4.78 is 1.60. The fourth-order valence-corrected chi connectivity index (χ4v) is 4.65. The minimum atomic E-state index is -0.00935. The minimum Gasteiger partial charge on any atom is -0.350 e. The Morgan fingerprint density at radius 3 is 2.69 bits per heavy atom. The molecule has 0 saturated carbocycles. The van der Waals surface area contributed by atoms with E-state index in [9.17, 15) is 4.79 Å². The molecule has 7 nitrogen and oxygen atoms in total. The van der Waals surface area contributed by atoms with Crippen molar-refractivity contribution in [2.75, 3.05) is 36.0 Å². The summed E-state index contributed by atoms with van der Waals surface area (Å²) in [5.74, 6) is 0.583. The van der Waals surface area contributed by atoms with Gasteiger partial charge >= 0.3 is 0 Å². The molecular formula is C18H26N6OS. The van der Waals surface area contributed by atoms with Crippen molar-refractivity contribution < 1.29 is 0 Å². The van der Waals surface area contributed by atoms with Crippen LogP contribution in [0.3, 0.4) is 0 Å². The number of aromatic nitrogens is 3. The number of nitrogens with zero attached hydrogens (tertiary/aromatic N) is 5. The first kappa shape index (κ1) is 17.5. The lowest BCUT2D eigenvalue weighted by atomic mass is 10.0. The van der Waals surface area contributed by atoms with E-state index in [0.29, 0.717) is 17.9 Å². The summed E-state index contributed by atoms with van der Waals surface area (Å²) in [6, 6.07) is 0.967. The number of hydrogen-bond donors (Lipinski definition) is 1. The molecular weight excluding hydrogens is 348 g/mol. The van der Waals surface area contributed by atoms with Crippen LogP contribution in [-0.2, 0) is 7.05 Å². The van der Waals surface area contributed by atoms with E-state index < -0.39 is 0 Å². The topological polar surface area (TPSA) is 66.3 Å². The molecule has 0 bridgehead atoms. The van der Waals surface area contributed by atoms with Crippen LogP contribution in [0, 0.1) is 0 Å². The van der Waals surface area contributed by atoms with Gasteiger partial charge in [-0.05, 0) is 25.7 Å². The van der Waals surface area contributed by atoms with Gasteiger partial charge in [0.05, 0.1) is 0 Å². The second kappa shape index (κ2) is 7.75. The van der Waals surface area contributed by atoms with Gasteiger partial charge in [0.1, 0.15) is 0 Å². The predicted octanol–water partition coefficient (Wildman–Crippen LogP) is 1.46. The number of thiazole rings is 1. The van der Waals surface area contributed by atoms with E-state index >= 15 is 0 Å². The Morgan fingerprint density at radius 1 is 1.08 bits per heavy atom. The zero-order chi connectivity index (χ0) is 17.9. The molecule has 0 spiro atoms. The van der Waals surface area contributed by atoms with Gasteiger partial charge in [0, 0.05) is 69.3 Å². The fraction of sp³-hybridized carbons (Fsp3) is 0.611. The van der Waals surface area contributed by atoms with Crippen LogP contribution in [0.25, 0.3) is 0 Å². The summed E-state index contributed by atoms with van der Waals surface area (Å²) >= 11 is 1.72. The van der Waals surface area contributed by atoms with Gasteiger partial charge in [-0.2, -0.15) is 0 Å². The van der Waals surface area contributed by atoms with Crippen molar-refractivity contribution in [2.24, 2.45) is 7.05 Å². The van der Waals surface area contributed by atoms with E-state index in [4.69, 9.17) is 0 Å². The first-order chi connectivity index (χ1) is 12.7. The average Bonchev–Trinajstić information content (AvgIpc) is 3.20. The summed E-state index contributed by atoms with van der Waals surface area (Å²) in [7, 11) is 1.78. The van der Waals surface area contributed by atoms with Crippen LogP contribution in [0.5, 0.6) is 0 Å². The second-order valence-electron chi connectivity index (χ2n) is 7.19. The van der Waals surface area contributed by atoms with Crippen LogP contribution in [0.1, 0.15) is 25.7 Å². The lowest BCUT2D eigenvalue weighted by molar-refractivity contribution is 0.333. The molecule has 1 atom stereocenters. The molecule has 2 aliphatic rings. The van der Waals surface area contributed by atoms with Crippen LogP contribution in [0.15, 0.2) is 28.8 Å². The second-order valence-corrected chi connectivity index (χ2v) is 8.07. The largest absolute Gasteiger partial charge is 0.350 e. The van der Waals surface area contributed by atoms with Crippen molar-refractivity contribution in [3.63, 3.8) is 0 Å². The van der Waals surface area contributed by atoms with E-state index in [0.717, 1.165) is 57.0 Å². The molecule has 1 unspecified atom stereocenters. The van der Waals surface area contributed by atoms with Gasteiger partial charge < -0.3 is 19.7 Å². The van der Waals surface area contributed by atoms with E-state index in [1.165, 1.54) is 0 Å². The van der Waals surface area contributed by atoms with E-state index in [1.807, 2.05) is 11.6 Å². The number of hydrogen-bond acceptors (Lipinski definition) is 7. The Balaban J connectivity index is 1.33. The van der Waals surface area contributed by atoms with Crippen molar-refractivity contribution in [3.05, 3.63) is 34.3 Å². The van der Waals surface area contributed by atoms with Crippen molar-refractivity contribution in [1.29, 1.82) is 0 Å². The van der Waals surface area contributed by atoms with Crippen LogP contribution < -0.4 is 20.7 Å². The molecule has 2 aromatic heterocycles. The van der Waals surface area contributed by atoms with Gasteiger partial charge in [0.15, 0.2) is 10.9 Å². The lowest BCUT2D eigenvalue weighted by Crippen LogP contribution is -2.53. The SMILES string of the molecule is Cn1ccnc(N2CCCC(NC3CCN(c4nccs4)CC3)C2)c1=O. The first-order valence-electron chi connectivity index (χ1n) is 9.38. The lowest BCUT2D eigenvalue weighted by Gasteiger charge is -2.38. The number of aryl methyl sites for hydroxylation is 1. The van der Waals surface area contributed by atoms with Gasteiger partial charge in [-0.15, -0.1) is 11.3 Å².